The van der Waals surface area contributed by atoms with E-state index in [1.165, 1.54) is 10.9 Å². The molecule has 2 aromatic heterocycles. The van der Waals surface area contributed by atoms with Crippen LogP contribution in [0.25, 0.3) is 10.9 Å². The van der Waals surface area contributed by atoms with Crippen LogP contribution in [0, 0.1) is 0 Å². The Kier molecular flexibility index (Phi) is 5.01. The summed E-state index contributed by atoms with van der Waals surface area (Å²) in [5.41, 5.74) is 3.60. The first kappa shape index (κ1) is 17.7. The van der Waals surface area contributed by atoms with Crippen LogP contribution in [0.1, 0.15) is 16.1 Å². The molecule has 0 aliphatic rings. The molecule has 4 aromatic rings. The quantitative estimate of drug-likeness (QED) is 0.542. The minimum atomic E-state index is -0.221. The molecule has 6 nitrogen and oxygen atoms in total. The van der Waals surface area contributed by atoms with Crippen molar-refractivity contribution in [2.75, 3.05) is 18.5 Å². The number of para-hydroxylation sites is 2. The summed E-state index contributed by atoms with van der Waals surface area (Å²) in [4.78, 5) is 17.5. The van der Waals surface area contributed by atoms with Crippen molar-refractivity contribution in [2.24, 2.45) is 0 Å². The highest BCUT2D eigenvalue weighted by molar-refractivity contribution is 5.92. The van der Waals surface area contributed by atoms with E-state index in [-0.39, 0.29) is 5.91 Å². The second-order valence-corrected chi connectivity index (χ2v) is 6.54. The number of hydrogen-bond acceptors (Lipinski definition) is 4. The summed E-state index contributed by atoms with van der Waals surface area (Å²) in [5.74, 6) is 0.461. The SMILES string of the molecule is CN(c1ccccc1)c1ccc(C(=O)NCCc2c[nH]c3ccccc23)nn1. The number of carbonyl (C=O) groups excluding carboxylic acids is 1. The van der Waals surface area contributed by atoms with Gasteiger partial charge >= 0.3 is 0 Å². The fraction of sp³-hybridized carbons (Fsp3) is 0.136. The van der Waals surface area contributed by atoms with Crippen molar-refractivity contribution in [2.45, 2.75) is 6.42 Å². The van der Waals surface area contributed by atoms with E-state index in [1.807, 2.05) is 66.7 Å². The van der Waals surface area contributed by atoms with Gasteiger partial charge in [0, 0.05) is 36.4 Å². The van der Waals surface area contributed by atoms with Crippen LogP contribution in [0.3, 0.4) is 0 Å². The highest BCUT2D eigenvalue weighted by Crippen LogP contribution is 2.20. The van der Waals surface area contributed by atoms with Crippen LogP contribution in [0.2, 0.25) is 0 Å². The van der Waals surface area contributed by atoms with E-state index >= 15 is 0 Å². The van der Waals surface area contributed by atoms with Gasteiger partial charge in [-0.15, -0.1) is 10.2 Å². The van der Waals surface area contributed by atoms with Gasteiger partial charge < -0.3 is 15.2 Å². The number of aromatic nitrogens is 3. The molecule has 0 atom stereocenters. The number of aromatic amines is 1. The van der Waals surface area contributed by atoms with Crippen molar-refractivity contribution >= 4 is 28.3 Å². The minimum absolute atomic E-state index is 0.221. The average molecular weight is 371 g/mol. The second kappa shape index (κ2) is 7.92. The summed E-state index contributed by atoms with van der Waals surface area (Å²) in [6, 6.07) is 21.5. The van der Waals surface area contributed by atoms with E-state index in [2.05, 4.69) is 26.6 Å². The van der Waals surface area contributed by atoms with Crippen molar-refractivity contribution in [1.82, 2.24) is 20.5 Å². The van der Waals surface area contributed by atoms with E-state index < -0.39 is 0 Å². The maximum atomic E-state index is 12.4. The van der Waals surface area contributed by atoms with E-state index in [0.29, 0.717) is 18.1 Å². The molecule has 140 valence electrons. The molecule has 0 saturated heterocycles. The lowest BCUT2D eigenvalue weighted by molar-refractivity contribution is 0.0948. The number of hydrogen-bond donors (Lipinski definition) is 2. The van der Waals surface area contributed by atoms with Gasteiger partial charge in [0.2, 0.25) is 0 Å². The third kappa shape index (κ3) is 3.71. The van der Waals surface area contributed by atoms with Gasteiger partial charge in [-0.05, 0) is 42.3 Å². The molecule has 28 heavy (non-hydrogen) atoms. The number of carbonyl (C=O) groups is 1. The van der Waals surface area contributed by atoms with Crippen LogP contribution in [-0.2, 0) is 6.42 Å². The van der Waals surface area contributed by atoms with Gasteiger partial charge in [-0.25, -0.2) is 0 Å². The summed E-state index contributed by atoms with van der Waals surface area (Å²) in [7, 11) is 1.92. The molecule has 0 saturated carbocycles. The van der Waals surface area contributed by atoms with Crippen LogP contribution in [-0.4, -0.2) is 34.7 Å². The van der Waals surface area contributed by atoms with E-state index in [9.17, 15) is 4.79 Å². The Bertz CT molecular complexity index is 1070. The predicted octanol–water partition coefficient (Wildman–Crippen LogP) is 3.70. The lowest BCUT2D eigenvalue weighted by Gasteiger charge is -2.17. The largest absolute Gasteiger partial charge is 0.361 e. The standard InChI is InChI=1S/C22H21N5O/c1-27(17-7-3-2-4-8-17)21-12-11-20(25-26-21)22(28)23-14-13-16-15-24-19-10-6-5-9-18(16)19/h2-12,15,24H,13-14H2,1H3,(H,23,28). The Morgan fingerprint density at radius 1 is 1.00 bits per heavy atom. The molecular weight excluding hydrogens is 350 g/mol. The first-order valence-corrected chi connectivity index (χ1v) is 9.18. The number of fused-ring (bicyclic) bond motifs is 1. The smallest absolute Gasteiger partial charge is 0.271 e. The molecule has 2 heterocycles. The average Bonchev–Trinajstić information content (AvgIpc) is 3.17. The van der Waals surface area contributed by atoms with Crippen LogP contribution < -0.4 is 10.2 Å². The molecule has 1 amide bonds. The first-order chi connectivity index (χ1) is 13.7. The van der Waals surface area contributed by atoms with Gasteiger partial charge in [0.25, 0.3) is 5.91 Å². The van der Waals surface area contributed by atoms with Gasteiger partial charge in [-0.1, -0.05) is 36.4 Å². The Balaban J connectivity index is 1.36. The van der Waals surface area contributed by atoms with Gasteiger partial charge in [0.15, 0.2) is 11.5 Å². The van der Waals surface area contributed by atoms with Crippen molar-refractivity contribution in [1.29, 1.82) is 0 Å². The molecule has 2 aromatic carbocycles. The Morgan fingerprint density at radius 2 is 1.79 bits per heavy atom. The van der Waals surface area contributed by atoms with Gasteiger partial charge in [-0.3, -0.25) is 4.79 Å². The Hall–Kier alpha value is -3.67. The summed E-state index contributed by atoms with van der Waals surface area (Å²) in [6.45, 7) is 0.536. The highest BCUT2D eigenvalue weighted by atomic mass is 16.1. The molecule has 0 unspecified atom stereocenters. The van der Waals surface area contributed by atoms with Crippen molar-refractivity contribution in [3.63, 3.8) is 0 Å². The molecule has 0 fully saturated rings. The summed E-state index contributed by atoms with van der Waals surface area (Å²) in [6.07, 6.45) is 2.74. The molecule has 0 bridgehead atoms. The molecule has 4 rings (SSSR count). The predicted molar refractivity (Wildman–Crippen MR) is 111 cm³/mol. The number of anilines is 2. The van der Waals surface area contributed by atoms with Crippen LogP contribution in [0.4, 0.5) is 11.5 Å². The first-order valence-electron chi connectivity index (χ1n) is 9.18. The highest BCUT2D eigenvalue weighted by Gasteiger charge is 2.11. The normalized spacial score (nSPS) is 10.8. The molecule has 6 heteroatoms. The van der Waals surface area contributed by atoms with E-state index in [0.717, 1.165) is 17.6 Å². The molecular formula is C22H21N5O. The molecule has 0 radical (unpaired) electrons. The minimum Gasteiger partial charge on any atom is -0.361 e. The molecule has 0 aliphatic heterocycles. The van der Waals surface area contributed by atoms with E-state index in [4.69, 9.17) is 0 Å². The topological polar surface area (TPSA) is 73.9 Å². The Labute approximate surface area is 163 Å². The number of H-pyrrole nitrogens is 1. The molecule has 0 spiro atoms. The van der Waals surface area contributed by atoms with Crippen molar-refractivity contribution in [3.8, 4) is 0 Å². The molecule has 0 aliphatic carbocycles. The number of amides is 1. The number of benzene rings is 2. The summed E-state index contributed by atoms with van der Waals surface area (Å²) in [5, 5.41) is 12.4. The number of rotatable bonds is 6. The molecule has 2 N–H and O–H groups in total. The third-order valence-electron chi connectivity index (χ3n) is 4.73. The fourth-order valence-corrected chi connectivity index (χ4v) is 3.15. The maximum Gasteiger partial charge on any atom is 0.271 e. The van der Waals surface area contributed by atoms with Crippen LogP contribution in [0.15, 0.2) is 72.9 Å². The van der Waals surface area contributed by atoms with Crippen molar-refractivity contribution < 1.29 is 4.79 Å². The monoisotopic (exact) mass is 371 g/mol. The van der Waals surface area contributed by atoms with Gasteiger partial charge in [0.05, 0.1) is 0 Å². The number of nitrogens with one attached hydrogen (secondary N) is 2. The lowest BCUT2D eigenvalue weighted by atomic mass is 10.1. The third-order valence-corrected chi connectivity index (χ3v) is 4.73. The maximum absolute atomic E-state index is 12.4. The fourth-order valence-electron chi connectivity index (χ4n) is 3.15. The van der Waals surface area contributed by atoms with Gasteiger partial charge in [-0.2, -0.15) is 0 Å². The number of nitrogens with zero attached hydrogens (tertiary/aromatic N) is 3. The zero-order valence-electron chi connectivity index (χ0n) is 15.6. The van der Waals surface area contributed by atoms with Crippen molar-refractivity contribution in [3.05, 3.63) is 84.2 Å². The zero-order valence-corrected chi connectivity index (χ0v) is 15.6. The lowest BCUT2D eigenvalue weighted by Crippen LogP contribution is -2.27. The van der Waals surface area contributed by atoms with Crippen LogP contribution >= 0.6 is 0 Å². The van der Waals surface area contributed by atoms with Crippen LogP contribution in [0.5, 0.6) is 0 Å². The Morgan fingerprint density at radius 3 is 2.57 bits per heavy atom. The van der Waals surface area contributed by atoms with E-state index in [1.54, 1.807) is 12.1 Å². The summed E-state index contributed by atoms with van der Waals surface area (Å²) >= 11 is 0. The summed E-state index contributed by atoms with van der Waals surface area (Å²) < 4.78 is 0. The second-order valence-electron chi connectivity index (χ2n) is 6.54. The zero-order chi connectivity index (χ0) is 19.3. The van der Waals surface area contributed by atoms with Gasteiger partial charge in [0.1, 0.15) is 0 Å².